The van der Waals surface area contributed by atoms with Crippen LogP contribution in [0.2, 0.25) is 0 Å². The maximum atomic E-state index is 13.0. The standard InChI is InChI=1S/C24H30N4O4S/c1-6-18(22-25-15-19(26-22)16-10-8-7-9-11-16)27-23(29)17-12-13-20(32-5)21(14-17)33(30,31)28-24(2,3)4/h7-15,18,28H,6H2,1-5H3,(H,25,26)(H,27,29). The van der Waals surface area contributed by atoms with Gasteiger partial charge in [0, 0.05) is 11.1 Å². The van der Waals surface area contributed by atoms with E-state index in [1.54, 1.807) is 27.0 Å². The van der Waals surface area contributed by atoms with Crippen LogP contribution >= 0.6 is 0 Å². The smallest absolute Gasteiger partial charge is 0.251 e. The molecule has 8 nitrogen and oxygen atoms in total. The molecular formula is C24H30N4O4S. The number of imidazole rings is 1. The largest absolute Gasteiger partial charge is 0.495 e. The molecule has 1 aromatic heterocycles. The summed E-state index contributed by atoms with van der Waals surface area (Å²) in [4.78, 5) is 20.6. The lowest BCUT2D eigenvalue weighted by Crippen LogP contribution is -2.40. The van der Waals surface area contributed by atoms with Gasteiger partial charge in [-0.05, 0) is 51.0 Å². The van der Waals surface area contributed by atoms with Crippen LogP contribution in [0.5, 0.6) is 5.75 Å². The van der Waals surface area contributed by atoms with Gasteiger partial charge < -0.3 is 15.0 Å². The fourth-order valence-corrected chi connectivity index (χ4v) is 4.98. The lowest BCUT2D eigenvalue weighted by atomic mass is 10.1. The number of nitrogens with one attached hydrogen (secondary N) is 3. The first-order chi connectivity index (χ1) is 15.5. The Balaban J connectivity index is 1.85. The second kappa shape index (κ2) is 9.76. The lowest BCUT2D eigenvalue weighted by molar-refractivity contribution is 0.0933. The average molecular weight is 471 g/mol. The summed E-state index contributed by atoms with van der Waals surface area (Å²) in [6.45, 7) is 7.16. The summed E-state index contributed by atoms with van der Waals surface area (Å²) in [5, 5.41) is 2.94. The number of amides is 1. The number of carbonyl (C=O) groups excluding carboxylic acids is 1. The topological polar surface area (TPSA) is 113 Å². The molecule has 33 heavy (non-hydrogen) atoms. The number of rotatable bonds is 8. The van der Waals surface area contributed by atoms with Gasteiger partial charge in [0.25, 0.3) is 5.91 Å². The van der Waals surface area contributed by atoms with Gasteiger partial charge in [0.05, 0.1) is 25.0 Å². The van der Waals surface area contributed by atoms with E-state index in [9.17, 15) is 13.2 Å². The zero-order valence-corrected chi connectivity index (χ0v) is 20.3. The molecule has 1 unspecified atom stereocenters. The highest BCUT2D eigenvalue weighted by atomic mass is 32.2. The summed E-state index contributed by atoms with van der Waals surface area (Å²) in [5.41, 5.74) is 1.36. The van der Waals surface area contributed by atoms with Gasteiger partial charge in [0.1, 0.15) is 16.5 Å². The van der Waals surface area contributed by atoms with Gasteiger partial charge in [-0.15, -0.1) is 0 Å². The van der Waals surface area contributed by atoms with Crippen molar-refractivity contribution in [3.05, 3.63) is 66.1 Å². The second-order valence-corrected chi connectivity index (χ2v) is 10.4. The van der Waals surface area contributed by atoms with E-state index in [1.807, 2.05) is 37.3 Å². The van der Waals surface area contributed by atoms with E-state index >= 15 is 0 Å². The molecule has 0 bridgehead atoms. The third-order valence-corrected chi connectivity index (χ3v) is 6.66. The number of benzene rings is 2. The number of aromatic nitrogens is 2. The van der Waals surface area contributed by atoms with E-state index in [4.69, 9.17) is 4.74 Å². The minimum Gasteiger partial charge on any atom is -0.495 e. The Morgan fingerprint density at radius 3 is 2.45 bits per heavy atom. The Morgan fingerprint density at radius 1 is 1.15 bits per heavy atom. The van der Waals surface area contributed by atoms with Crippen LogP contribution in [0.3, 0.4) is 0 Å². The van der Waals surface area contributed by atoms with Gasteiger partial charge in [0.15, 0.2) is 0 Å². The molecule has 1 atom stereocenters. The van der Waals surface area contributed by atoms with Crippen LogP contribution < -0.4 is 14.8 Å². The number of nitrogens with zero attached hydrogens (tertiary/aromatic N) is 1. The summed E-state index contributed by atoms with van der Waals surface area (Å²) < 4.78 is 33.6. The van der Waals surface area contributed by atoms with Crippen LogP contribution in [-0.4, -0.2) is 36.9 Å². The number of carbonyl (C=O) groups is 1. The molecule has 176 valence electrons. The van der Waals surface area contributed by atoms with Crippen molar-refractivity contribution >= 4 is 15.9 Å². The third kappa shape index (κ3) is 6.00. The average Bonchev–Trinajstić information content (AvgIpc) is 3.26. The Morgan fingerprint density at radius 2 is 1.85 bits per heavy atom. The highest BCUT2D eigenvalue weighted by Gasteiger charge is 2.27. The SMILES string of the molecule is CCC(NC(=O)c1ccc(OC)c(S(=O)(=O)NC(C)(C)C)c1)c1ncc(-c2ccccc2)[nH]1. The van der Waals surface area contributed by atoms with Crippen LogP contribution in [0.15, 0.2) is 59.6 Å². The molecule has 3 rings (SSSR count). The molecule has 1 amide bonds. The van der Waals surface area contributed by atoms with Crippen LogP contribution in [0, 0.1) is 0 Å². The number of ether oxygens (including phenoxy) is 1. The minimum absolute atomic E-state index is 0.0926. The van der Waals surface area contributed by atoms with Crippen LogP contribution in [-0.2, 0) is 10.0 Å². The van der Waals surface area contributed by atoms with Gasteiger partial charge in [0.2, 0.25) is 10.0 Å². The Bertz CT molecular complexity index is 1210. The number of hydrogen-bond acceptors (Lipinski definition) is 5. The zero-order valence-electron chi connectivity index (χ0n) is 19.5. The number of hydrogen-bond donors (Lipinski definition) is 3. The first kappa shape index (κ1) is 24.5. The predicted octanol–water partition coefficient (Wildman–Crippen LogP) is 4.04. The zero-order chi connectivity index (χ0) is 24.2. The molecule has 0 spiro atoms. The number of sulfonamides is 1. The molecule has 0 fully saturated rings. The van der Waals surface area contributed by atoms with E-state index in [1.165, 1.54) is 25.3 Å². The first-order valence-electron chi connectivity index (χ1n) is 10.7. The summed E-state index contributed by atoms with van der Waals surface area (Å²) in [6, 6.07) is 13.7. The molecule has 9 heteroatoms. The summed E-state index contributed by atoms with van der Waals surface area (Å²) >= 11 is 0. The summed E-state index contributed by atoms with van der Waals surface area (Å²) in [6.07, 6.45) is 2.33. The van der Waals surface area contributed by atoms with E-state index in [-0.39, 0.29) is 22.3 Å². The molecule has 0 aliphatic heterocycles. The summed E-state index contributed by atoms with van der Waals surface area (Å²) in [7, 11) is -2.52. The van der Waals surface area contributed by atoms with Crippen molar-refractivity contribution in [2.24, 2.45) is 0 Å². The fraction of sp³-hybridized carbons (Fsp3) is 0.333. The Hall–Kier alpha value is -3.17. The molecule has 0 radical (unpaired) electrons. The van der Waals surface area contributed by atoms with Crippen molar-refractivity contribution in [2.75, 3.05) is 7.11 Å². The molecule has 0 saturated carbocycles. The van der Waals surface area contributed by atoms with E-state index < -0.39 is 21.5 Å². The molecule has 0 aliphatic rings. The quantitative estimate of drug-likeness (QED) is 0.460. The monoisotopic (exact) mass is 470 g/mol. The van der Waals surface area contributed by atoms with Crippen molar-refractivity contribution in [1.29, 1.82) is 0 Å². The first-order valence-corrected chi connectivity index (χ1v) is 12.2. The van der Waals surface area contributed by atoms with Crippen molar-refractivity contribution in [3.63, 3.8) is 0 Å². The molecule has 3 N–H and O–H groups in total. The normalized spacial score (nSPS) is 12.9. The molecule has 0 saturated heterocycles. The van der Waals surface area contributed by atoms with Gasteiger partial charge in [-0.1, -0.05) is 37.3 Å². The Kier molecular flexibility index (Phi) is 7.24. The van der Waals surface area contributed by atoms with Crippen LogP contribution in [0.4, 0.5) is 0 Å². The highest BCUT2D eigenvalue weighted by Crippen LogP contribution is 2.27. The van der Waals surface area contributed by atoms with E-state index in [0.29, 0.717) is 12.2 Å². The van der Waals surface area contributed by atoms with Crippen molar-refractivity contribution in [2.45, 2.75) is 50.6 Å². The van der Waals surface area contributed by atoms with Gasteiger partial charge in [-0.25, -0.2) is 18.1 Å². The predicted molar refractivity (Wildman–Crippen MR) is 128 cm³/mol. The highest BCUT2D eigenvalue weighted by molar-refractivity contribution is 7.89. The fourth-order valence-electron chi connectivity index (χ4n) is 3.37. The summed E-state index contributed by atoms with van der Waals surface area (Å²) in [5.74, 6) is 0.378. The van der Waals surface area contributed by atoms with Crippen LogP contribution in [0.1, 0.15) is 56.3 Å². The lowest BCUT2D eigenvalue weighted by Gasteiger charge is -2.21. The molecule has 1 heterocycles. The van der Waals surface area contributed by atoms with Gasteiger partial charge in [-0.3, -0.25) is 4.79 Å². The van der Waals surface area contributed by atoms with Crippen molar-refractivity contribution in [1.82, 2.24) is 20.0 Å². The van der Waals surface area contributed by atoms with Gasteiger partial charge >= 0.3 is 0 Å². The Labute approximate surface area is 194 Å². The maximum Gasteiger partial charge on any atom is 0.251 e. The van der Waals surface area contributed by atoms with E-state index in [0.717, 1.165) is 11.3 Å². The second-order valence-electron chi connectivity index (χ2n) is 8.70. The number of aromatic amines is 1. The van der Waals surface area contributed by atoms with Crippen molar-refractivity contribution in [3.8, 4) is 17.0 Å². The minimum atomic E-state index is -3.90. The molecule has 3 aromatic rings. The number of methoxy groups -OCH3 is 1. The maximum absolute atomic E-state index is 13.0. The molecule has 2 aromatic carbocycles. The van der Waals surface area contributed by atoms with E-state index in [2.05, 4.69) is 20.0 Å². The van der Waals surface area contributed by atoms with Crippen LogP contribution in [0.25, 0.3) is 11.3 Å². The van der Waals surface area contributed by atoms with Gasteiger partial charge in [-0.2, -0.15) is 0 Å². The number of H-pyrrole nitrogens is 1. The van der Waals surface area contributed by atoms with Crippen molar-refractivity contribution < 1.29 is 17.9 Å². The molecule has 0 aliphatic carbocycles. The molecular weight excluding hydrogens is 440 g/mol. The third-order valence-electron chi connectivity index (χ3n) is 4.88.